The number of hydrogen-bond acceptors (Lipinski definition) is 17. The molecule has 3 aliphatic heterocycles. The molecule has 570 valence electrons. The van der Waals surface area contributed by atoms with Crippen LogP contribution in [0.5, 0.6) is 0 Å². The van der Waals surface area contributed by atoms with Gasteiger partial charge in [-0.05, 0) is 155 Å². The Morgan fingerprint density at radius 3 is 1.75 bits per heavy atom. The van der Waals surface area contributed by atoms with Crippen LogP contribution in [0.1, 0.15) is 144 Å². The largest absolute Gasteiger partial charge is 0.480 e. The molecule has 3 saturated heterocycles. The number of nitrogens with one attached hydrogen (secondary N) is 9. The number of aliphatic imine (C=N–C) groups is 1. The lowest BCUT2D eigenvalue weighted by Gasteiger charge is -2.38. The van der Waals surface area contributed by atoms with Gasteiger partial charge in [0, 0.05) is 98.4 Å². The predicted octanol–water partition coefficient (Wildman–Crippen LogP) is 4.24. The number of anilines is 3. The van der Waals surface area contributed by atoms with Crippen molar-refractivity contribution >= 4 is 117 Å². The Labute approximate surface area is 624 Å². The Bertz CT molecular complexity index is 3680. The van der Waals surface area contributed by atoms with E-state index in [0.717, 1.165) is 66.7 Å². The molecule has 4 heterocycles. The maximum absolute atomic E-state index is 14.9. The summed E-state index contributed by atoms with van der Waals surface area (Å²) in [5.41, 5.74) is 14.6. The summed E-state index contributed by atoms with van der Waals surface area (Å²) >= 11 is 7.61. The Hall–Kier alpha value is -10.4. The molecule has 0 saturated carbocycles. The van der Waals surface area contributed by atoms with Crippen LogP contribution >= 0.6 is 24.0 Å². The van der Waals surface area contributed by atoms with Crippen molar-refractivity contribution in [3.8, 4) is 11.8 Å². The van der Waals surface area contributed by atoms with E-state index in [2.05, 4.69) is 69.7 Å². The van der Waals surface area contributed by atoms with Gasteiger partial charge in [0.2, 0.25) is 35.4 Å². The number of piperidine rings is 1. The Morgan fingerprint density at radius 1 is 0.632 bits per heavy atom. The van der Waals surface area contributed by atoms with Gasteiger partial charge in [-0.3, -0.25) is 67.7 Å². The van der Waals surface area contributed by atoms with Gasteiger partial charge in [-0.2, -0.15) is 0 Å². The number of carbonyl (C=O) groups is 11. The number of thioether (sulfide) groups is 1. The maximum Gasteiger partial charge on any atom is 0.317 e. The second-order valence-corrected chi connectivity index (χ2v) is 28.1. The van der Waals surface area contributed by atoms with Gasteiger partial charge >= 0.3 is 29.9 Å². The minimum Gasteiger partial charge on any atom is -0.480 e. The number of unbranched alkanes of at least 4 members (excludes halogenated alkanes) is 5. The fourth-order valence-electron chi connectivity index (χ4n) is 12.4. The van der Waals surface area contributed by atoms with Gasteiger partial charge in [0.25, 0.3) is 0 Å². The third-order valence-corrected chi connectivity index (χ3v) is 19.2. The number of aromatic nitrogens is 1. The second kappa shape index (κ2) is 43.8. The van der Waals surface area contributed by atoms with Crippen LogP contribution in [0.4, 0.5) is 21.9 Å². The number of urea groups is 1. The number of pyridine rings is 1. The molecule has 4 aromatic rings. The second-order valence-electron chi connectivity index (χ2n) is 26.2. The predicted molar refractivity (Wildman–Crippen MR) is 403 cm³/mol. The molecule has 0 aliphatic carbocycles. The van der Waals surface area contributed by atoms with E-state index in [0.29, 0.717) is 97.9 Å². The summed E-state index contributed by atoms with van der Waals surface area (Å²) < 4.78 is 0. The number of benzene rings is 3. The molecule has 3 fully saturated rings. The number of fused-ring (bicyclic) bond motifs is 1. The molecule has 7 rings (SSSR count). The Morgan fingerprint density at radius 2 is 1.18 bits per heavy atom. The lowest BCUT2D eigenvalue weighted by Crippen LogP contribution is -2.59. The minimum atomic E-state index is -1.29. The number of carboxylic acids is 4. The molecule has 3 aromatic carbocycles. The zero-order valence-corrected chi connectivity index (χ0v) is 60.8. The highest BCUT2D eigenvalue weighted by Gasteiger charge is 2.41. The molecule has 8 amide bonds. The van der Waals surface area contributed by atoms with E-state index in [1.807, 2.05) is 30.3 Å². The van der Waals surface area contributed by atoms with Crippen LogP contribution in [0.2, 0.25) is 0 Å². The molecular weight excluding hydrogens is 1410 g/mol. The van der Waals surface area contributed by atoms with Gasteiger partial charge in [-0.1, -0.05) is 61.4 Å². The zero-order valence-electron chi connectivity index (χ0n) is 59.1. The molecule has 6 atom stereocenters. The van der Waals surface area contributed by atoms with Crippen LogP contribution in [0.3, 0.4) is 0 Å². The summed E-state index contributed by atoms with van der Waals surface area (Å²) in [6.07, 6.45) is 11.5. The molecule has 31 nitrogen and oxygen atoms in total. The van der Waals surface area contributed by atoms with Crippen LogP contribution in [-0.4, -0.2) is 204 Å². The van der Waals surface area contributed by atoms with Crippen LogP contribution in [0.15, 0.2) is 96.0 Å². The van der Waals surface area contributed by atoms with Crippen molar-refractivity contribution in [3.63, 3.8) is 0 Å². The number of carbonyl (C=O) groups excluding carboxylic acids is 7. The topological polar surface area (TPSA) is 464 Å². The Kier molecular flexibility index (Phi) is 34.2. The lowest BCUT2D eigenvalue weighted by molar-refractivity contribution is -0.144. The van der Waals surface area contributed by atoms with Crippen molar-refractivity contribution in [1.82, 2.24) is 51.6 Å². The van der Waals surface area contributed by atoms with Crippen LogP contribution in [-0.2, 0) is 67.5 Å². The van der Waals surface area contributed by atoms with E-state index >= 15 is 0 Å². The molecule has 17 N–H and O–H groups in total. The van der Waals surface area contributed by atoms with E-state index in [9.17, 15) is 73.2 Å². The van der Waals surface area contributed by atoms with Gasteiger partial charge in [0.15, 0.2) is 11.1 Å². The van der Waals surface area contributed by atoms with Gasteiger partial charge in [0.05, 0.1) is 49.0 Å². The van der Waals surface area contributed by atoms with Crippen molar-refractivity contribution in [2.24, 2.45) is 16.5 Å². The van der Waals surface area contributed by atoms with Gasteiger partial charge in [-0.25, -0.2) is 4.79 Å². The first-order valence-electron chi connectivity index (χ1n) is 35.6. The van der Waals surface area contributed by atoms with Crippen LogP contribution < -0.4 is 59.3 Å². The zero-order chi connectivity index (χ0) is 76.3. The standard InChI is InChI=1S/C73H96N16O15S2/c74-71(75)78-35-14-18-56(67(101)81-51-31-29-50(30-32-51)80-62(92)22-7-3-12-34-76-60(90)20-6-2-11-33-77-61(91)21-9-8-17-55-40-57-69(106-55)86-72(104)84-57)83-68(102)59-19-10-13-36-89(59)70(103)58(39-48-15-4-1-5-16-48)85-73(105)82-52-27-25-47(26-28-52)23-24-49-37-53(41-87(43-63(93)94)44-64(95)96)79-54(38-49)42-88(45-65(97)98)46-66(99)100/h1,4-5,15-16,25-32,37-38,55-59,69H,2-3,6-14,17-22,33-36,39-46H2,(H,76,90)(H,77,91)(H,80,92)(H,81,101)(H,83,102)(H,93,94)(H,95,96)(H,97,98)(H,99,100)(H4,74,75,78)(H2,82,85,105)(H2,84,86,104). The Balaban J connectivity index is 0.868. The third-order valence-electron chi connectivity index (χ3n) is 17.4. The third kappa shape index (κ3) is 30.7. The van der Waals surface area contributed by atoms with E-state index in [-0.39, 0.29) is 103 Å². The van der Waals surface area contributed by atoms with E-state index < -0.39 is 85.9 Å². The first-order valence-corrected chi connectivity index (χ1v) is 36.9. The number of guanidine groups is 1. The molecule has 0 bridgehead atoms. The summed E-state index contributed by atoms with van der Waals surface area (Å²) in [4.78, 5) is 151. The number of nitrogens with zero attached hydrogens (tertiary/aromatic N) is 5. The number of thiocarbonyl (C=S) groups is 1. The normalized spacial score (nSPS) is 16.3. The summed E-state index contributed by atoms with van der Waals surface area (Å²) in [5, 5.41) is 65.3. The molecule has 6 unspecified atom stereocenters. The van der Waals surface area contributed by atoms with E-state index in [1.54, 1.807) is 60.3 Å². The van der Waals surface area contributed by atoms with Crippen LogP contribution in [0, 0.1) is 11.8 Å². The molecular formula is C73H96N16O15S2. The highest BCUT2D eigenvalue weighted by molar-refractivity contribution is 8.00. The van der Waals surface area contributed by atoms with Crippen molar-refractivity contribution in [2.75, 3.05) is 68.3 Å². The van der Waals surface area contributed by atoms with E-state index in [1.165, 1.54) is 17.0 Å². The number of amides is 8. The fraction of sp³-hybridized carbons (Fsp3) is 0.479. The lowest BCUT2D eigenvalue weighted by atomic mass is 9.97. The monoisotopic (exact) mass is 1500 g/mol. The van der Waals surface area contributed by atoms with Crippen LogP contribution in [0.25, 0.3) is 0 Å². The fourth-order valence-corrected chi connectivity index (χ4v) is 14.3. The minimum absolute atomic E-state index is 0.0307. The molecule has 0 spiro atoms. The maximum atomic E-state index is 14.9. The summed E-state index contributed by atoms with van der Waals surface area (Å²) in [6.45, 7) is -1.53. The number of aliphatic carboxylic acids is 4. The highest BCUT2D eigenvalue weighted by atomic mass is 32.2. The van der Waals surface area contributed by atoms with Crippen molar-refractivity contribution in [2.45, 2.75) is 170 Å². The SMILES string of the molecule is NC(N)=NCCCC(NC(=O)C1CCCCN1C(=O)C(Cc1ccccc1)NC(=S)Nc1ccc(C#Cc2cc(CN(CC(=O)O)CC(=O)O)nc(CN(CC(=O)O)CC(=O)O)c2)cc1)C(=O)Nc1ccc(NC(=O)CCCCCNC(=O)CCCCCNC(=O)CCCCC2CC3NC(=O)NC3S2)cc1. The van der Waals surface area contributed by atoms with Gasteiger partial charge < -0.3 is 84.6 Å². The van der Waals surface area contributed by atoms with Crippen molar-refractivity contribution in [1.29, 1.82) is 0 Å². The molecule has 106 heavy (non-hydrogen) atoms. The molecule has 3 aliphatic rings. The summed E-state index contributed by atoms with van der Waals surface area (Å²) in [5.74, 6) is -0.920. The molecule has 33 heteroatoms. The number of likely N-dealkylation sites (tertiary alicyclic amines) is 1. The molecule has 0 radical (unpaired) electrons. The smallest absolute Gasteiger partial charge is 0.317 e. The number of hydrogen-bond donors (Lipinski definition) is 15. The van der Waals surface area contributed by atoms with E-state index in [4.69, 9.17) is 23.7 Å². The van der Waals surface area contributed by atoms with Gasteiger partial charge in [0.1, 0.15) is 18.1 Å². The highest BCUT2D eigenvalue weighted by Crippen LogP contribution is 2.37. The van der Waals surface area contributed by atoms with Gasteiger partial charge in [-0.15, -0.1) is 11.8 Å². The average molecular weight is 1500 g/mol. The molecule has 1 aromatic heterocycles. The first kappa shape index (κ1) is 82.9. The summed E-state index contributed by atoms with van der Waals surface area (Å²) in [7, 11) is 0. The quantitative estimate of drug-likeness (QED) is 0.00968. The summed E-state index contributed by atoms with van der Waals surface area (Å²) in [6, 6.07) is 22.6. The number of rotatable bonds is 43. The number of nitrogens with two attached hydrogens (primary N) is 2. The van der Waals surface area contributed by atoms with Crippen molar-refractivity contribution < 1.29 is 73.2 Å². The number of carboxylic acid groups (broad SMARTS) is 4. The van der Waals surface area contributed by atoms with Crippen molar-refractivity contribution in [3.05, 3.63) is 119 Å². The average Bonchev–Trinajstić information content (AvgIpc) is 1.70. The first-order chi connectivity index (χ1) is 50.9.